The third-order valence-corrected chi connectivity index (χ3v) is 3.45. The second-order valence-electron chi connectivity index (χ2n) is 4.63. The van der Waals surface area contributed by atoms with E-state index in [1.165, 1.54) is 0 Å². The van der Waals surface area contributed by atoms with Gasteiger partial charge in [0.25, 0.3) is 0 Å². The fourth-order valence-electron chi connectivity index (χ4n) is 1.78. The largest absolute Gasteiger partial charge is 0.352 e. The Balaban J connectivity index is 1.86. The van der Waals surface area contributed by atoms with Gasteiger partial charge in [-0.15, -0.1) is 10.2 Å². The van der Waals surface area contributed by atoms with Crippen LogP contribution in [-0.4, -0.2) is 27.8 Å². The van der Waals surface area contributed by atoms with Gasteiger partial charge in [-0.05, 0) is 24.6 Å². The number of nitrogens with one attached hydrogen (secondary N) is 2. The van der Waals surface area contributed by atoms with Crippen molar-refractivity contribution >= 4 is 17.6 Å². The van der Waals surface area contributed by atoms with Gasteiger partial charge in [-0.3, -0.25) is 4.99 Å². The number of aromatic nitrogens is 3. The second kappa shape index (κ2) is 7.08. The summed E-state index contributed by atoms with van der Waals surface area (Å²) in [7, 11) is 3.68. The van der Waals surface area contributed by atoms with Gasteiger partial charge in [0.05, 0.1) is 6.54 Å². The number of hydrogen-bond acceptors (Lipinski definition) is 3. The molecule has 0 fully saturated rings. The molecule has 0 aliphatic carbocycles. The molecule has 112 valence electrons. The smallest absolute Gasteiger partial charge is 0.191 e. The molecule has 0 saturated heterocycles. The highest BCUT2D eigenvalue weighted by Gasteiger charge is 2.05. The summed E-state index contributed by atoms with van der Waals surface area (Å²) in [6.45, 7) is 3.16. The van der Waals surface area contributed by atoms with E-state index >= 15 is 0 Å². The Morgan fingerprint density at radius 1 is 1.19 bits per heavy atom. The van der Waals surface area contributed by atoms with Gasteiger partial charge in [0, 0.05) is 25.7 Å². The molecule has 0 amide bonds. The van der Waals surface area contributed by atoms with Gasteiger partial charge in [0.1, 0.15) is 5.82 Å². The third kappa shape index (κ3) is 4.19. The molecule has 0 aliphatic rings. The molecule has 0 radical (unpaired) electrons. The molecule has 1 aromatic heterocycles. The van der Waals surface area contributed by atoms with Crippen LogP contribution in [0, 0.1) is 6.92 Å². The maximum atomic E-state index is 5.86. The monoisotopic (exact) mass is 306 g/mol. The van der Waals surface area contributed by atoms with Crippen molar-refractivity contribution in [2.75, 3.05) is 7.05 Å². The van der Waals surface area contributed by atoms with E-state index in [2.05, 4.69) is 25.8 Å². The molecule has 7 heteroatoms. The first kappa shape index (κ1) is 15.3. The molecule has 2 rings (SSSR count). The highest BCUT2D eigenvalue weighted by molar-refractivity contribution is 6.30. The van der Waals surface area contributed by atoms with Crippen LogP contribution < -0.4 is 10.6 Å². The predicted molar refractivity (Wildman–Crippen MR) is 84.2 cm³/mol. The van der Waals surface area contributed by atoms with E-state index in [0.717, 1.165) is 22.2 Å². The van der Waals surface area contributed by atoms with Crippen LogP contribution in [0.25, 0.3) is 0 Å². The molecule has 6 nitrogen and oxygen atoms in total. The Bertz CT molecular complexity index is 617. The van der Waals surface area contributed by atoms with E-state index in [0.29, 0.717) is 19.0 Å². The summed E-state index contributed by atoms with van der Waals surface area (Å²) < 4.78 is 1.94. The van der Waals surface area contributed by atoms with Crippen molar-refractivity contribution in [1.82, 2.24) is 25.4 Å². The van der Waals surface area contributed by atoms with Crippen LogP contribution in [0.5, 0.6) is 0 Å². The maximum absolute atomic E-state index is 5.86. The normalized spacial score (nSPS) is 11.5. The van der Waals surface area contributed by atoms with E-state index in [9.17, 15) is 0 Å². The average molecular weight is 307 g/mol. The molecular weight excluding hydrogens is 288 g/mol. The third-order valence-electron chi connectivity index (χ3n) is 3.19. The number of benzene rings is 1. The van der Waals surface area contributed by atoms with E-state index in [-0.39, 0.29) is 0 Å². The summed E-state index contributed by atoms with van der Waals surface area (Å²) in [4.78, 5) is 4.18. The van der Waals surface area contributed by atoms with Crippen LogP contribution in [-0.2, 0) is 20.1 Å². The standard InChI is InChI=1S/C14H19ClN6/c1-10-19-20-13(21(10)3)9-18-14(16-2)17-8-11-4-6-12(15)7-5-11/h4-7H,8-9H2,1-3H3,(H2,16,17,18). The van der Waals surface area contributed by atoms with Crippen LogP contribution in [0.1, 0.15) is 17.2 Å². The Morgan fingerprint density at radius 3 is 2.43 bits per heavy atom. The average Bonchev–Trinajstić information content (AvgIpc) is 2.81. The number of aryl methyl sites for hydroxylation is 1. The Hall–Kier alpha value is -2.08. The Kier molecular flexibility index (Phi) is 5.16. The highest BCUT2D eigenvalue weighted by atomic mass is 35.5. The molecule has 0 saturated carbocycles. The molecule has 2 aromatic rings. The van der Waals surface area contributed by atoms with Crippen molar-refractivity contribution in [2.24, 2.45) is 12.0 Å². The van der Waals surface area contributed by atoms with E-state index in [1.807, 2.05) is 42.8 Å². The van der Waals surface area contributed by atoms with Crippen molar-refractivity contribution in [1.29, 1.82) is 0 Å². The highest BCUT2D eigenvalue weighted by Crippen LogP contribution is 2.09. The molecule has 0 atom stereocenters. The molecule has 2 N–H and O–H groups in total. The van der Waals surface area contributed by atoms with Gasteiger partial charge in [-0.2, -0.15) is 0 Å². The summed E-state index contributed by atoms with van der Waals surface area (Å²) in [5.74, 6) is 2.46. The minimum atomic E-state index is 0.567. The van der Waals surface area contributed by atoms with Crippen molar-refractivity contribution in [3.05, 3.63) is 46.5 Å². The number of guanidine groups is 1. The van der Waals surface area contributed by atoms with Crippen molar-refractivity contribution < 1.29 is 0 Å². The van der Waals surface area contributed by atoms with Gasteiger partial charge in [-0.25, -0.2) is 0 Å². The molecule has 1 heterocycles. The lowest BCUT2D eigenvalue weighted by atomic mass is 10.2. The summed E-state index contributed by atoms with van der Waals surface area (Å²) in [6, 6.07) is 7.71. The summed E-state index contributed by atoms with van der Waals surface area (Å²) in [5.41, 5.74) is 1.14. The molecule has 21 heavy (non-hydrogen) atoms. The number of halogens is 1. The van der Waals surface area contributed by atoms with Crippen molar-refractivity contribution in [3.8, 4) is 0 Å². The molecule has 0 unspecified atom stereocenters. The Morgan fingerprint density at radius 2 is 1.86 bits per heavy atom. The first-order chi connectivity index (χ1) is 10.1. The fourth-order valence-corrected chi connectivity index (χ4v) is 1.90. The summed E-state index contributed by atoms with van der Waals surface area (Å²) in [6.07, 6.45) is 0. The molecule has 0 spiro atoms. The van der Waals surface area contributed by atoms with Gasteiger partial charge < -0.3 is 15.2 Å². The van der Waals surface area contributed by atoms with E-state index in [4.69, 9.17) is 11.6 Å². The summed E-state index contributed by atoms with van der Waals surface area (Å²) in [5, 5.41) is 15.3. The van der Waals surface area contributed by atoms with E-state index < -0.39 is 0 Å². The van der Waals surface area contributed by atoms with Gasteiger partial charge in [0.15, 0.2) is 11.8 Å². The van der Waals surface area contributed by atoms with Gasteiger partial charge >= 0.3 is 0 Å². The van der Waals surface area contributed by atoms with Crippen molar-refractivity contribution in [3.63, 3.8) is 0 Å². The van der Waals surface area contributed by atoms with Crippen LogP contribution in [0.4, 0.5) is 0 Å². The topological polar surface area (TPSA) is 67.1 Å². The predicted octanol–water partition coefficient (Wildman–Crippen LogP) is 1.64. The zero-order chi connectivity index (χ0) is 15.2. The Labute approximate surface area is 129 Å². The quantitative estimate of drug-likeness (QED) is 0.666. The zero-order valence-corrected chi connectivity index (χ0v) is 13.1. The lowest BCUT2D eigenvalue weighted by Crippen LogP contribution is -2.36. The van der Waals surface area contributed by atoms with Gasteiger partial charge in [0.2, 0.25) is 0 Å². The van der Waals surface area contributed by atoms with Crippen LogP contribution in [0.15, 0.2) is 29.3 Å². The SMILES string of the molecule is CN=C(NCc1ccc(Cl)cc1)NCc1nnc(C)n1C. The number of rotatable bonds is 4. The number of hydrogen-bond donors (Lipinski definition) is 2. The number of nitrogens with zero attached hydrogens (tertiary/aromatic N) is 4. The maximum Gasteiger partial charge on any atom is 0.191 e. The minimum Gasteiger partial charge on any atom is -0.352 e. The minimum absolute atomic E-state index is 0.567. The fraction of sp³-hybridized carbons (Fsp3) is 0.357. The van der Waals surface area contributed by atoms with Crippen LogP contribution >= 0.6 is 11.6 Å². The lowest BCUT2D eigenvalue weighted by Gasteiger charge is -2.11. The molecule has 0 bridgehead atoms. The first-order valence-electron chi connectivity index (χ1n) is 6.64. The molecular formula is C14H19ClN6. The van der Waals surface area contributed by atoms with Gasteiger partial charge in [-0.1, -0.05) is 23.7 Å². The number of aliphatic imine (C=N–C) groups is 1. The zero-order valence-electron chi connectivity index (χ0n) is 12.4. The molecule has 0 aliphatic heterocycles. The lowest BCUT2D eigenvalue weighted by molar-refractivity contribution is 0.717. The van der Waals surface area contributed by atoms with Crippen LogP contribution in [0.3, 0.4) is 0 Å². The second-order valence-corrected chi connectivity index (χ2v) is 5.06. The molecule has 1 aromatic carbocycles. The van der Waals surface area contributed by atoms with E-state index in [1.54, 1.807) is 7.05 Å². The first-order valence-corrected chi connectivity index (χ1v) is 7.01. The summed E-state index contributed by atoms with van der Waals surface area (Å²) >= 11 is 5.86. The van der Waals surface area contributed by atoms with Crippen LogP contribution in [0.2, 0.25) is 5.02 Å². The van der Waals surface area contributed by atoms with Crippen molar-refractivity contribution in [2.45, 2.75) is 20.0 Å².